The van der Waals surface area contributed by atoms with Crippen LogP contribution >= 0.6 is 0 Å². The molecule has 0 bridgehead atoms. The summed E-state index contributed by atoms with van der Waals surface area (Å²) in [6.45, 7) is 7.82. The largest absolute Gasteiger partial charge is 0.478 e. The monoisotopic (exact) mass is 727 g/mol. The van der Waals surface area contributed by atoms with Gasteiger partial charge in [-0.05, 0) is 69.5 Å². The molecule has 3 heterocycles. The molecular formula is C35H39N2O11S2+. The van der Waals surface area contributed by atoms with E-state index in [2.05, 4.69) is 0 Å². The summed E-state index contributed by atoms with van der Waals surface area (Å²) in [5.41, 5.74) is 1.11. The predicted octanol–water partition coefficient (Wildman–Crippen LogP) is 3.30. The van der Waals surface area contributed by atoms with E-state index >= 15 is 0 Å². The van der Waals surface area contributed by atoms with Gasteiger partial charge >= 0.3 is 11.9 Å². The zero-order valence-corrected chi connectivity index (χ0v) is 30.0. The van der Waals surface area contributed by atoms with Gasteiger partial charge in [-0.2, -0.15) is 16.8 Å². The van der Waals surface area contributed by atoms with Crippen molar-refractivity contribution < 1.29 is 50.5 Å². The Balaban J connectivity index is 1.77. The third kappa shape index (κ3) is 6.27. The number of anilines is 1. The number of carboxylic acid groups (broad SMARTS) is 2. The second-order valence-electron chi connectivity index (χ2n) is 14.7. The van der Waals surface area contributed by atoms with E-state index in [4.69, 9.17) is 4.74 Å². The van der Waals surface area contributed by atoms with E-state index in [0.717, 1.165) is 6.07 Å². The molecule has 3 aliphatic rings. The van der Waals surface area contributed by atoms with Crippen LogP contribution in [0.5, 0.6) is 11.5 Å². The number of aromatic carboxylic acids is 2. The van der Waals surface area contributed by atoms with Gasteiger partial charge in [-0.25, -0.2) is 14.2 Å². The lowest BCUT2D eigenvalue weighted by Gasteiger charge is -2.46. The van der Waals surface area contributed by atoms with Gasteiger partial charge in [0.05, 0.1) is 28.7 Å². The summed E-state index contributed by atoms with van der Waals surface area (Å²) in [6, 6.07) is 10.7. The van der Waals surface area contributed by atoms with Crippen LogP contribution in [0.15, 0.2) is 42.5 Å². The number of fused-ring (bicyclic) bond motifs is 4. The highest BCUT2D eigenvalue weighted by molar-refractivity contribution is 7.86. The van der Waals surface area contributed by atoms with E-state index in [9.17, 15) is 45.7 Å². The molecular weight excluding hydrogens is 689 g/mol. The average molecular weight is 728 g/mol. The minimum absolute atomic E-state index is 0.153. The van der Waals surface area contributed by atoms with Gasteiger partial charge in [-0.1, -0.05) is 6.07 Å². The number of carboxylic acids is 2. The van der Waals surface area contributed by atoms with Crippen molar-refractivity contribution in [2.24, 2.45) is 0 Å². The Morgan fingerprint density at radius 1 is 0.840 bits per heavy atom. The van der Waals surface area contributed by atoms with Gasteiger partial charge in [-0.3, -0.25) is 9.11 Å². The standard InChI is InChI=1S/C35H38N2O11S2/c1-34(2)14-19(16-49(42,43)44)22-10-25-29(12-27(22)36(34)5)48-30-13-28-23(20(17-50(45,46)47)15-35(3,4)37(28)6)11-26(30)31(25)21-8-7-18(32(38)39)9-24(21)33(40)41/h7-13,19-20H,14-17H2,1-6H3,(H3-,38,39,40,41,42,43,44,45,46,47)/p+1. The number of carbonyl (C=O) groups is 2. The van der Waals surface area contributed by atoms with E-state index in [0.29, 0.717) is 62.9 Å². The second kappa shape index (κ2) is 11.6. The number of ether oxygens (including phenoxy) is 1. The van der Waals surface area contributed by atoms with Crippen molar-refractivity contribution in [1.29, 1.82) is 0 Å². The highest BCUT2D eigenvalue weighted by Crippen LogP contribution is 2.49. The molecule has 2 atom stereocenters. The molecule has 4 N–H and O–H groups in total. The second-order valence-corrected chi connectivity index (χ2v) is 17.7. The molecule has 0 aliphatic carbocycles. The fourth-order valence-electron chi connectivity index (χ4n) is 7.75. The summed E-state index contributed by atoms with van der Waals surface area (Å²) in [5, 5.41) is 21.1. The van der Waals surface area contributed by atoms with Crippen molar-refractivity contribution in [2.75, 3.05) is 30.5 Å². The molecule has 3 aliphatic heterocycles. The minimum Gasteiger partial charge on any atom is -0.478 e. The molecule has 6 rings (SSSR count). The summed E-state index contributed by atoms with van der Waals surface area (Å²) in [7, 11) is -5.09. The Kier molecular flexibility index (Phi) is 8.25. The van der Waals surface area contributed by atoms with E-state index in [-0.39, 0.29) is 16.7 Å². The van der Waals surface area contributed by atoms with Crippen LogP contribution in [0.25, 0.3) is 5.57 Å². The molecule has 0 saturated heterocycles. The Bertz CT molecular complexity index is 2360. The van der Waals surface area contributed by atoms with Crippen molar-refractivity contribution in [1.82, 2.24) is 4.58 Å². The van der Waals surface area contributed by atoms with Crippen LogP contribution in [-0.4, -0.2) is 84.8 Å². The first-order chi connectivity index (χ1) is 23.0. The minimum atomic E-state index is -4.41. The normalized spacial score (nSPS) is 20.6. The lowest BCUT2D eigenvalue weighted by Crippen LogP contribution is -2.51. The molecule has 0 saturated carbocycles. The van der Waals surface area contributed by atoms with Crippen LogP contribution in [-0.2, 0) is 20.2 Å². The number of hydrogen-bond donors (Lipinski definition) is 4. The quantitative estimate of drug-likeness (QED) is 0.160. The first-order valence-corrected chi connectivity index (χ1v) is 19.1. The summed E-state index contributed by atoms with van der Waals surface area (Å²) in [5.74, 6) is -4.46. The number of rotatable bonds is 7. The van der Waals surface area contributed by atoms with E-state index in [1.807, 2.05) is 51.3 Å². The number of nitrogens with zero attached hydrogens (tertiary/aromatic N) is 2. The molecule has 0 fully saturated rings. The fourth-order valence-corrected chi connectivity index (χ4v) is 9.36. The van der Waals surface area contributed by atoms with Gasteiger partial charge in [0.2, 0.25) is 5.36 Å². The SMILES string of the molecule is CN1c2cc3c(cc2C(CS(=O)(=O)O)CC1(C)C)C(c1ccc(C(=O)O)cc1C(=O)O)=c1cc2c(cc1O3)=[N+](C)C(C)(C)CC2CS(=O)(=O)O. The Morgan fingerprint density at radius 3 is 2.04 bits per heavy atom. The summed E-state index contributed by atoms with van der Waals surface area (Å²) in [6.07, 6.45) is 0.727. The molecule has 2 unspecified atom stereocenters. The smallest absolute Gasteiger partial charge is 0.336 e. The van der Waals surface area contributed by atoms with Gasteiger partial charge in [0, 0.05) is 64.5 Å². The molecule has 3 aromatic carbocycles. The molecule has 50 heavy (non-hydrogen) atoms. The Hall–Kier alpha value is -4.31. The lowest BCUT2D eigenvalue weighted by atomic mass is 9.78. The maximum absolute atomic E-state index is 12.7. The van der Waals surface area contributed by atoms with Crippen molar-refractivity contribution in [2.45, 2.75) is 63.5 Å². The Morgan fingerprint density at radius 2 is 1.46 bits per heavy atom. The van der Waals surface area contributed by atoms with Crippen LogP contribution in [0.3, 0.4) is 0 Å². The van der Waals surface area contributed by atoms with Gasteiger partial charge in [0.15, 0.2) is 5.54 Å². The topological polar surface area (TPSA) is 199 Å². The van der Waals surface area contributed by atoms with Crippen molar-refractivity contribution in [3.63, 3.8) is 0 Å². The van der Waals surface area contributed by atoms with Crippen LogP contribution < -0.4 is 24.8 Å². The molecule has 0 spiro atoms. The van der Waals surface area contributed by atoms with E-state index in [1.54, 1.807) is 24.3 Å². The summed E-state index contributed by atoms with van der Waals surface area (Å²) >= 11 is 0. The van der Waals surface area contributed by atoms with Crippen molar-refractivity contribution in [3.8, 4) is 11.5 Å². The summed E-state index contributed by atoms with van der Waals surface area (Å²) in [4.78, 5) is 26.6. The molecule has 13 nitrogen and oxygen atoms in total. The zero-order chi connectivity index (χ0) is 36.9. The van der Waals surface area contributed by atoms with Crippen LogP contribution in [0, 0.1) is 0 Å². The first-order valence-electron chi connectivity index (χ1n) is 15.9. The number of benzene rings is 3. The van der Waals surface area contributed by atoms with Gasteiger partial charge < -0.3 is 19.8 Å². The third-order valence-electron chi connectivity index (χ3n) is 10.5. The van der Waals surface area contributed by atoms with Crippen molar-refractivity contribution >= 4 is 43.4 Å². The zero-order valence-electron chi connectivity index (χ0n) is 28.4. The van der Waals surface area contributed by atoms with Gasteiger partial charge in [-0.15, -0.1) is 0 Å². The lowest BCUT2D eigenvalue weighted by molar-refractivity contribution is 0.0695. The molecule has 15 heteroatoms. The maximum atomic E-state index is 12.7. The summed E-state index contributed by atoms with van der Waals surface area (Å²) < 4.78 is 77.3. The molecule has 0 amide bonds. The average Bonchev–Trinajstić information content (AvgIpc) is 2.98. The molecule has 0 aromatic heterocycles. The highest BCUT2D eigenvalue weighted by Gasteiger charge is 2.42. The predicted molar refractivity (Wildman–Crippen MR) is 185 cm³/mol. The first kappa shape index (κ1) is 35.5. The van der Waals surface area contributed by atoms with Crippen LogP contribution in [0.2, 0.25) is 0 Å². The van der Waals surface area contributed by atoms with E-state index < -0.39 is 66.6 Å². The number of hydrogen-bond acceptors (Lipinski definition) is 8. The van der Waals surface area contributed by atoms with E-state index in [1.165, 1.54) is 12.1 Å². The molecule has 0 radical (unpaired) electrons. The molecule has 266 valence electrons. The van der Waals surface area contributed by atoms with Gasteiger partial charge in [0.1, 0.15) is 18.5 Å². The fraction of sp³-hybridized carbons (Fsp3) is 0.400. The van der Waals surface area contributed by atoms with Crippen molar-refractivity contribution in [3.05, 3.63) is 86.4 Å². The maximum Gasteiger partial charge on any atom is 0.336 e. The molecule has 3 aromatic rings. The van der Waals surface area contributed by atoms with Gasteiger partial charge in [0.25, 0.3) is 20.2 Å². The van der Waals surface area contributed by atoms with Crippen LogP contribution in [0.1, 0.15) is 95.3 Å². The Labute approximate surface area is 289 Å². The highest BCUT2D eigenvalue weighted by atomic mass is 32.2. The third-order valence-corrected chi connectivity index (χ3v) is 12.2. The van der Waals surface area contributed by atoms with Crippen LogP contribution in [0.4, 0.5) is 5.69 Å².